The van der Waals surface area contributed by atoms with Gasteiger partial charge in [0.15, 0.2) is 0 Å². The minimum atomic E-state index is -0.140. The Kier molecular flexibility index (Phi) is 4.13. The summed E-state index contributed by atoms with van der Waals surface area (Å²) in [5, 5.41) is 2.87. The highest BCUT2D eigenvalue weighted by atomic mass is 16.5. The van der Waals surface area contributed by atoms with Gasteiger partial charge in [-0.1, -0.05) is 24.3 Å². The normalized spacial score (nSPS) is 10.0. The first kappa shape index (κ1) is 13.1. The zero-order chi connectivity index (χ0) is 13.7. The molecule has 98 valence electrons. The largest absolute Gasteiger partial charge is 0.481 e. The fraction of sp³-hybridized carbons (Fsp3) is 0.200. The number of hydrogen-bond donors (Lipinski definition) is 1. The monoisotopic (exact) mass is 256 g/mol. The zero-order valence-electron chi connectivity index (χ0n) is 11.0. The molecule has 0 aliphatic rings. The Morgan fingerprint density at radius 1 is 1.26 bits per heavy atom. The molecule has 0 bridgehead atoms. The lowest BCUT2D eigenvalue weighted by atomic mass is 10.1. The summed E-state index contributed by atoms with van der Waals surface area (Å²) in [6, 6.07) is 11.3. The zero-order valence-corrected chi connectivity index (χ0v) is 11.0. The van der Waals surface area contributed by atoms with Gasteiger partial charge in [0.1, 0.15) is 0 Å². The van der Waals surface area contributed by atoms with Crippen molar-refractivity contribution in [2.24, 2.45) is 0 Å². The van der Waals surface area contributed by atoms with E-state index in [2.05, 4.69) is 10.3 Å². The third-order valence-corrected chi connectivity index (χ3v) is 2.91. The highest BCUT2D eigenvalue weighted by Crippen LogP contribution is 2.08. The predicted octanol–water partition coefficient (Wildman–Crippen LogP) is 2.33. The van der Waals surface area contributed by atoms with Crippen LogP contribution in [0.15, 0.2) is 42.6 Å². The maximum atomic E-state index is 11.9. The molecule has 0 radical (unpaired) electrons. The number of aryl methyl sites for hydroxylation is 1. The van der Waals surface area contributed by atoms with Crippen LogP contribution >= 0.6 is 0 Å². The fourth-order valence-corrected chi connectivity index (χ4v) is 1.72. The summed E-state index contributed by atoms with van der Waals surface area (Å²) in [7, 11) is 1.54. The first-order valence-electron chi connectivity index (χ1n) is 6.03. The van der Waals surface area contributed by atoms with Gasteiger partial charge in [0.05, 0.1) is 12.7 Å². The van der Waals surface area contributed by atoms with Crippen LogP contribution < -0.4 is 10.1 Å². The van der Waals surface area contributed by atoms with Gasteiger partial charge >= 0.3 is 0 Å². The molecule has 0 saturated carbocycles. The van der Waals surface area contributed by atoms with Gasteiger partial charge in [-0.25, -0.2) is 4.98 Å². The van der Waals surface area contributed by atoms with Gasteiger partial charge < -0.3 is 10.1 Å². The average molecular weight is 256 g/mol. The lowest BCUT2D eigenvalue weighted by molar-refractivity contribution is 0.0950. The van der Waals surface area contributed by atoms with Crippen molar-refractivity contribution in [3.8, 4) is 5.88 Å². The van der Waals surface area contributed by atoms with E-state index in [0.717, 1.165) is 11.1 Å². The van der Waals surface area contributed by atoms with Gasteiger partial charge in [-0.05, 0) is 24.1 Å². The molecule has 0 aliphatic heterocycles. The number of amides is 1. The second-order valence-electron chi connectivity index (χ2n) is 4.20. The lowest BCUT2D eigenvalue weighted by Crippen LogP contribution is -2.23. The van der Waals surface area contributed by atoms with Crippen LogP contribution in [0.5, 0.6) is 5.88 Å². The molecular weight excluding hydrogens is 240 g/mol. The van der Waals surface area contributed by atoms with E-state index in [4.69, 9.17) is 4.74 Å². The molecular formula is C15H16N2O2. The Hall–Kier alpha value is -2.36. The number of benzene rings is 1. The van der Waals surface area contributed by atoms with Crippen LogP contribution in [-0.4, -0.2) is 18.0 Å². The van der Waals surface area contributed by atoms with E-state index in [-0.39, 0.29) is 5.91 Å². The Labute approximate surface area is 112 Å². The minimum absolute atomic E-state index is 0.140. The topological polar surface area (TPSA) is 51.2 Å². The van der Waals surface area contributed by atoms with Crippen molar-refractivity contribution in [3.05, 3.63) is 59.3 Å². The number of nitrogens with zero attached hydrogens (tertiary/aromatic N) is 1. The fourth-order valence-electron chi connectivity index (χ4n) is 1.72. The molecule has 1 aromatic heterocycles. The van der Waals surface area contributed by atoms with Crippen molar-refractivity contribution in [3.63, 3.8) is 0 Å². The number of pyridine rings is 1. The number of carbonyl (C=O) groups excluding carboxylic acids is 1. The third-order valence-electron chi connectivity index (χ3n) is 2.91. The molecule has 0 fully saturated rings. The maximum Gasteiger partial charge on any atom is 0.253 e. The van der Waals surface area contributed by atoms with Crippen LogP contribution in [0, 0.1) is 6.92 Å². The van der Waals surface area contributed by atoms with Crippen LogP contribution in [-0.2, 0) is 6.54 Å². The van der Waals surface area contributed by atoms with E-state index in [1.54, 1.807) is 19.2 Å². The van der Waals surface area contributed by atoms with E-state index in [0.29, 0.717) is 18.0 Å². The van der Waals surface area contributed by atoms with Crippen LogP contribution in [0.1, 0.15) is 21.5 Å². The molecule has 1 heterocycles. The molecule has 1 N–H and O–H groups in total. The maximum absolute atomic E-state index is 11.9. The molecule has 4 heteroatoms. The van der Waals surface area contributed by atoms with Crippen molar-refractivity contribution >= 4 is 5.91 Å². The van der Waals surface area contributed by atoms with Crippen LogP contribution in [0.4, 0.5) is 0 Å². The molecule has 1 aromatic carbocycles. The Morgan fingerprint density at radius 2 is 2.05 bits per heavy atom. The van der Waals surface area contributed by atoms with Gasteiger partial charge in [0.2, 0.25) is 5.88 Å². The quantitative estimate of drug-likeness (QED) is 0.913. The van der Waals surface area contributed by atoms with Gasteiger partial charge in [-0.3, -0.25) is 4.79 Å². The number of carbonyl (C=O) groups is 1. The molecule has 0 spiro atoms. The number of nitrogens with one attached hydrogen (secondary N) is 1. The third kappa shape index (κ3) is 3.31. The summed E-state index contributed by atoms with van der Waals surface area (Å²) in [5.41, 5.74) is 2.79. The van der Waals surface area contributed by atoms with Gasteiger partial charge in [-0.15, -0.1) is 0 Å². The van der Waals surface area contributed by atoms with E-state index < -0.39 is 0 Å². The SMILES string of the molecule is COc1ccc(C(=O)NCc2ccccc2C)cn1. The van der Waals surface area contributed by atoms with Crippen LogP contribution in [0.3, 0.4) is 0 Å². The molecule has 1 amide bonds. The average Bonchev–Trinajstić information content (AvgIpc) is 2.46. The van der Waals surface area contributed by atoms with Crippen molar-refractivity contribution in [1.29, 1.82) is 0 Å². The predicted molar refractivity (Wildman–Crippen MR) is 73.1 cm³/mol. The molecule has 0 saturated heterocycles. The van der Waals surface area contributed by atoms with Crippen molar-refractivity contribution in [2.45, 2.75) is 13.5 Å². The summed E-state index contributed by atoms with van der Waals surface area (Å²) in [6.45, 7) is 2.54. The number of methoxy groups -OCH3 is 1. The summed E-state index contributed by atoms with van der Waals surface area (Å²) in [6.07, 6.45) is 1.51. The highest BCUT2D eigenvalue weighted by Gasteiger charge is 2.06. The smallest absolute Gasteiger partial charge is 0.253 e. The first-order valence-corrected chi connectivity index (χ1v) is 6.03. The standard InChI is InChI=1S/C15H16N2O2/c1-11-5-3-4-6-12(11)9-17-15(18)13-7-8-14(19-2)16-10-13/h3-8,10H,9H2,1-2H3,(H,17,18). The Morgan fingerprint density at radius 3 is 2.68 bits per heavy atom. The van der Waals surface area contributed by atoms with Crippen LogP contribution in [0.25, 0.3) is 0 Å². The molecule has 0 atom stereocenters. The highest BCUT2D eigenvalue weighted by molar-refractivity contribution is 5.93. The van der Waals surface area contributed by atoms with E-state index in [9.17, 15) is 4.79 Å². The van der Waals surface area contributed by atoms with Crippen molar-refractivity contribution in [1.82, 2.24) is 10.3 Å². The van der Waals surface area contributed by atoms with E-state index >= 15 is 0 Å². The molecule has 2 rings (SSSR count). The van der Waals surface area contributed by atoms with E-state index in [1.165, 1.54) is 6.20 Å². The molecule has 19 heavy (non-hydrogen) atoms. The summed E-state index contributed by atoms with van der Waals surface area (Å²) >= 11 is 0. The molecule has 2 aromatic rings. The van der Waals surface area contributed by atoms with Crippen molar-refractivity contribution in [2.75, 3.05) is 7.11 Å². The summed E-state index contributed by atoms with van der Waals surface area (Å²) < 4.78 is 4.95. The Bertz CT molecular complexity index is 565. The van der Waals surface area contributed by atoms with E-state index in [1.807, 2.05) is 31.2 Å². The molecule has 0 aliphatic carbocycles. The second kappa shape index (κ2) is 6.00. The lowest BCUT2D eigenvalue weighted by Gasteiger charge is -2.08. The van der Waals surface area contributed by atoms with Crippen LogP contribution in [0.2, 0.25) is 0 Å². The first-order chi connectivity index (χ1) is 9.20. The Balaban J connectivity index is 1.99. The van der Waals surface area contributed by atoms with Gasteiger partial charge in [0, 0.05) is 18.8 Å². The minimum Gasteiger partial charge on any atom is -0.481 e. The number of rotatable bonds is 4. The van der Waals surface area contributed by atoms with Gasteiger partial charge in [-0.2, -0.15) is 0 Å². The van der Waals surface area contributed by atoms with Gasteiger partial charge in [0.25, 0.3) is 5.91 Å². The molecule has 0 unspecified atom stereocenters. The number of ether oxygens (including phenoxy) is 1. The molecule has 4 nitrogen and oxygen atoms in total. The van der Waals surface area contributed by atoms with Crippen molar-refractivity contribution < 1.29 is 9.53 Å². The number of aromatic nitrogens is 1. The summed E-state index contributed by atoms with van der Waals surface area (Å²) in [5.74, 6) is 0.355. The summed E-state index contributed by atoms with van der Waals surface area (Å²) in [4.78, 5) is 15.9. The number of hydrogen-bond acceptors (Lipinski definition) is 3. The second-order valence-corrected chi connectivity index (χ2v) is 4.20.